The van der Waals surface area contributed by atoms with Gasteiger partial charge in [-0.3, -0.25) is 9.59 Å². The van der Waals surface area contributed by atoms with Gasteiger partial charge in [-0.15, -0.1) is 10.2 Å². The quantitative estimate of drug-likeness (QED) is 0.778. The summed E-state index contributed by atoms with van der Waals surface area (Å²) in [5, 5.41) is 16.1. The molecular formula is C10H13N3O5. The summed E-state index contributed by atoms with van der Waals surface area (Å²) >= 11 is 0. The minimum Gasteiger partial charge on any atom is -0.481 e. The van der Waals surface area contributed by atoms with E-state index in [0.717, 1.165) is 0 Å². The fourth-order valence-corrected chi connectivity index (χ4v) is 1.72. The predicted molar refractivity (Wildman–Crippen MR) is 56.4 cm³/mol. The number of carbonyl (C=O) groups is 2. The molecular weight excluding hydrogens is 242 g/mol. The molecule has 0 bridgehead atoms. The van der Waals surface area contributed by atoms with Crippen LogP contribution in [0, 0.1) is 6.92 Å². The molecule has 2 rings (SSSR count). The van der Waals surface area contributed by atoms with Crippen molar-refractivity contribution in [1.29, 1.82) is 0 Å². The Morgan fingerprint density at radius 1 is 1.56 bits per heavy atom. The number of aliphatic carboxylic acids is 1. The van der Waals surface area contributed by atoms with Gasteiger partial charge < -0.3 is 19.2 Å². The van der Waals surface area contributed by atoms with E-state index in [2.05, 4.69) is 10.2 Å². The number of hydrogen-bond donors (Lipinski definition) is 1. The highest BCUT2D eigenvalue weighted by molar-refractivity contribution is 5.85. The molecule has 1 amide bonds. The van der Waals surface area contributed by atoms with Crippen LogP contribution in [0.15, 0.2) is 4.42 Å². The minimum atomic E-state index is -1.07. The van der Waals surface area contributed by atoms with E-state index in [9.17, 15) is 9.59 Å². The maximum Gasteiger partial charge on any atom is 0.306 e. The molecule has 0 radical (unpaired) electrons. The van der Waals surface area contributed by atoms with Crippen LogP contribution in [-0.2, 0) is 20.9 Å². The zero-order chi connectivity index (χ0) is 13.1. The lowest BCUT2D eigenvalue weighted by Gasteiger charge is -2.30. The Hall–Kier alpha value is -1.96. The standard InChI is InChI=1S/C10H13N3O5/c1-6-11-12-8(18-6)5-13-2-3-17-7(10(13)16)4-9(14)15/h7H,2-5H2,1H3,(H,14,15). The first-order valence-corrected chi connectivity index (χ1v) is 5.47. The van der Waals surface area contributed by atoms with Gasteiger partial charge in [-0.05, 0) is 0 Å². The lowest BCUT2D eigenvalue weighted by molar-refractivity contribution is -0.160. The lowest BCUT2D eigenvalue weighted by atomic mass is 10.2. The topological polar surface area (TPSA) is 106 Å². The molecule has 0 saturated carbocycles. The van der Waals surface area contributed by atoms with E-state index in [1.807, 2.05) is 0 Å². The zero-order valence-electron chi connectivity index (χ0n) is 9.83. The summed E-state index contributed by atoms with van der Waals surface area (Å²) in [4.78, 5) is 24.0. The molecule has 0 spiro atoms. The number of rotatable bonds is 4. The largest absolute Gasteiger partial charge is 0.481 e. The van der Waals surface area contributed by atoms with Crippen LogP contribution in [0.4, 0.5) is 0 Å². The molecule has 0 aromatic carbocycles. The molecule has 1 aromatic rings. The second kappa shape index (κ2) is 5.13. The maximum atomic E-state index is 11.9. The van der Waals surface area contributed by atoms with Crippen LogP contribution < -0.4 is 0 Å². The number of aromatic nitrogens is 2. The molecule has 8 heteroatoms. The fraction of sp³-hybridized carbons (Fsp3) is 0.600. The number of morpholine rings is 1. The van der Waals surface area contributed by atoms with E-state index in [1.54, 1.807) is 6.92 Å². The number of amides is 1. The van der Waals surface area contributed by atoms with Crippen molar-refractivity contribution in [3.05, 3.63) is 11.8 Å². The van der Waals surface area contributed by atoms with Crippen molar-refractivity contribution in [2.75, 3.05) is 13.2 Å². The average Bonchev–Trinajstić information content (AvgIpc) is 2.69. The van der Waals surface area contributed by atoms with Gasteiger partial charge in [0.2, 0.25) is 11.8 Å². The average molecular weight is 255 g/mol. The first kappa shape index (κ1) is 12.5. The van der Waals surface area contributed by atoms with Crippen molar-refractivity contribution in [3.63, 3.8) is 0 Å². The van der Waals surface area contributed by atoms with E-state index in [0.29, 0.717) is 24.9 Å². The Labute approximate surface area is 103 Å². The van der Waals surface area contributed by atoms with Gasteiger partial charge in [0.1, 0.15) is 6.10 Å². The minimum absolute atomic E-state index is 0.180. The van der Waals surface area contributed by atoms with Crippen LogP contribution in [0.1, 0.15) is 18.2 Å². The molecule has 18 heavy (non-hydrogen) atoms. The molecule has 1 saturated heterocycles. The Morgan fingerprint density at radius 2 is 2.33 bits per heavy atom. The molecule has 8 nitrogen and oxygen atoms in total. The third-order valence-electron chi connectivity index (χ3n) is 2.52. The van der Waals surface area contributed by atoms with Gasteiger partial charge in [0.15, 0.2) is 0 Å². The lowest BCUT2D eigenvalue weighted by Crippen LogP contribution is -2.47. The van der Waals surface area contributed by atoms with E-state index in [4.69, 9.17) is 14.3 Å². The van der Waals surface area contributed by atoms with Crippen LogP contribution >= 0.6 is 0 Å². The van der Waals surface area contributed by atoms with Gasteiger partial charge in [-0.2, -0.15) is 0 Å². The SMILES string of the molecule is Cc1nnc(CN2CCOC(CC(=O)O)C2=O)o1. The highest BCUT2D eigenvalue weighted by Crippen LogP contribution is 2.13. The molecule has 1 N–H and O–H groups in total. The van der Waals surface area contributed by atoms with Crippen LogP contribution in [0.25, 0.3) is 0 Å². The molecule has 0 aliphatic carbocycles. The third kappa shape index (κ3) is 2.83. The second-order valence-electron chi connectivity index (χ2n) is 3.93. The molecule has 1 fully saturated rings. The third-order valence-corrected chi connectivity index (χ3v) is 2.52. The summed E-state index contributed by atoms with van der Waals surface area (Å²) in [7, 11) is 0. The van der Waals surface area contributed by atoms with E-state index in [1.165, 1.54) is 4.90 Å². The highest BCUT2D eigenvalue weighted by atomic mass is 16.5. The molecule has 1 aromatic heterocycles. The van der Waals surface area contributed by atoms with Gasteiger partial charge >= 0.3 is 5.97 Å². The van der Waals surface area contributed by atoms with Crippen molar-refractivity contribution in [2.24, 2.45) is 0 Å². The highest BCUT2D eigenvalue weighted by Gasteiger charge is 2.32. The summed E-state index contributed by atoms with van der Waals surface area (Å²) in [6.07, 6.45) is -1.27. The monoisotopic (exact) mass is 255 g/mol. The van der Waals surface area contributed by atoms with E-state index >= 15 is 0 Å². The normalized spacial score (nSPS) is 20.2. The number of carboxylic acids is 1. The van der Waals surface area contributed by atoms with E-state index in [-0.39, 0.29) is 18.9 Å². The van der Waals surface area contributed by atoms with Crippen molar-refractivity contribution >= 4 is 11.9 Å². The van der Waals surface area contributed by atoms with Crippen LogP contribution in [0.3, 0.4) is 0 Å². The summed E-state index contributed by atoms with van der Waals surface area (Å²) in [5.74, 6) is -0.673. The number of carbonyl (C=O) groups excluding carboxylic acids is 1. The smallest absolute Gasteiger partial charge is 0.306 e. The Kier molecular flexibility index (Phi) is 3.56. The Balaban J connectivity index is 2.00. The molecule has 1 aliphatic heterocycles. The van der Waals surface area contributed by atoms with Crippen molar-refractivity contribution in [2.45, 2.75) is 26.0 Å². The number of carboxylic acid groups (broad SMARTS) is 1. The van der Waals surface area contributed by atoms with Crippen LogP contribution in [0.2, 0.25) is 0 Å². The summed E-state index contributed by atoms with van der Waals surface area (Å²) < 4.78 is 10.3. The predicted octanol–water partition coefficient (Wildman–Crippen LogP) is -0.420. The number of nitrogens with zero attached hydrogens (tertiary/aromatic N) is 3. The van der Waals surface area contributed by atoms with E-state index < -0.39 is 12.1 Å². The number of aryl methyl sites for hydroxylation is 1. The maximum absolute atomic E-state index is 11.9. The molecule has 2 heterocycles. The Bertz CT molecular complexity index is 458. The van der Waals surface area contributed by atoms with Gasteiger partial charge in [0, 0.05) is 13.5 Å². The van der Waals surface area contributed by atoms with Crippen LogP contribution in [0.5, 0.6) is 0 Å². The van der Waals surface area contributed by atoms with Gasteiger partial charge in [0.25, 0.3) is 5.91 Å². The Morgan fingerprint density at radius 3 is 2.94 bits per heavy atom. The number of hydrogen-bond acceptors (Lipinski definition) is 6. The summed E-state index contributed by atoms with van der Waals surface area (Å²) in [6, 6.07) is 0. The summed E-state index contributed by atoms with van der Waals surface area (Å²) in [5.41, 5.74) is 0. The fourth-order valence-electron chi connectivity index (χ4n) is 1.72. The first-order chi connectivity index (χ1) is 8.56. The van der Waals surface area contributed by atoms with Gasteiger partial charge in [0.05, 0.1) is 19.6 Å². The first-order valence-electron chi connectivity index (χ1n) is 5.47. The summed E-state index contributed by atoms with van der Waals surface area (Å²) in [6.45, 7) is 2.53. The molecule has 1 unspecified atom stereocenters. The van der Waals surface area contributed by atoms with Crippen molar-refractivity contribution in [3.8, 4) is 0 Å². The second-order valence-corrected chi connectivity index (χ2v) is 3.93. The number of ether oxygens (including phenoxy) is 1. The molecule has 98 valence electrons. The van der Waals surface area contributed by atoms with Gasteiger partial charge in [-0.1, -0.05) is 0 Å². The van der Waals surface area contributed by atoms with Gasteiger partial charge in [-0.25, -0.2) is 0 Å². The molecule has 1 atom stereocenters. The van der Waals surface area contributed by atoms with Crippen LogP contribution in [-0.4, -0.2) is 51.3 Å². The molecule has 1 aliphatic rings. The van der Waals surface area contributed by atoms with Crippen molar-refractivity contribution < 1.29 is 23.8 Å². The van der Waals surface area contributed by atoms with Crippen molar-refractivity contribution in [1.82, 2.24) is 15.1 Å². The zero-order valence-corrected chi connectivity index (χ0v) is 9.83.